The average Bonchev–Trinajstić information content (AvgIpc) is 3.13. The van der Waals surface area contributed by atoms with Crippen LogP contribution in [0.4, 0.5) is 8.78 Å². The fourth-order valence-electron chi connectivity index (χ4n) is 3.92. The molecule has 0 fully saturated rings. The molecule has 6 nitrogen and oxygen atoms in total. The van der Waals surface area contributed by atoms with E-state index >= 15 is 0 Å². The van der Waals surface area contributed by atoms with Gasteiger partial charge in [-0.3, -0.25) is 4.79 Å². The molecule has 2 heterocycles. The Balaban J connectivity index is 1.88. The number of hydrazone groups is 1. The van der Waals surface area contributed by atoms with E-state index < -0.39 is 41.0 Å². The van der Waals surface area contributed by atoms with Gasteiger partial charge in [0.15, 0.2) is 4.87 Å². The average molecular weight is 434 g/mol. The number of thioether (sulfide) groups is 1. The highest BCUT2D eigenvalue weighted by Crippen LogP contribution is 2.57. The van der Waals surface area contributed by atoms with Gasteiger partial charge in [-0.05, 0) is 30.7 Å². The molecule has 0 saturated heterocycles. The van der Waals surface area contributed by atoms with Crippen LogP contribution in [0.25, 0.3) is 0 Å². The molecule has 0 radical (unpaired) electrons. The van der Waals surface area contributed by atoms with Crippen LogP contribution >= 0.6 is 11.8 Å². The third kappa shape index (κ3) is 3.36. The van der Waals surface area contributed by atoms with E-state index in [0.29, 0.717) is 11.3 Å². The zero-order chi connectivity index (χ0) is 21.5. The third-order valence-corrected chi connectivity index (χ3v) is 6.78. The van der Waals surface area contributed by atoms with Gasteiger partial charge in [-0.25, -0.2) is 13.8 Å². The summed E-state index contributed by atoms with van der Waals surface area (Å²) in [6.45, 7) is 1.04. The molecule has 1 spiro atoms. The fraction of sp³-hybridized carbons (Fsp3) is 0.333. The van der Waals surface area contributed by atoms with E-state index in [2.05, 4.69) is 5.10 Å². The van der Waals surface area contributed by atoms with Gasteiger partial charge >= 0.3 is 0 Å². The second-order valence-electron chi connectivity index (χ2n) is 7.23. The number of carbonyl (C=O) groups is 1. The molecule has 1 amide bonds. The van der Waals surface area contributed by atoms with Gasteiger partial charge in [-0.15, -0.1) is 0 Å². The number of aliphatic hydroxyl groups is 2. The van der Waals surface area contributed by atoms with E-state index in [1.807, 2.05) is 0 Å². The molecule has 0 saturated carbocycles. The highest BCUT2D eigenvalue weighted by Gasteiger charge is 2.57. The molecular weight excluding hydrogens is 414 g/mol. The maximum atomic E-state index is 14.5. The van der Waals surface area contributed by atoms with Crippen molar-refractivity contribution in [2.45, 2.75) is 24.3 Å². The van der Waals surface area contributed by atoms with E-state index in [1.165, 1.54) is 11.9 Å². The van der Waals surface area contributed by atoms with Crippen molar-refractivity contribution in [3.63, 3.8) is 0 Å². The zero-order valence-electron chi connectivity index (χ0n) is 16.1. The summed E-state index contributed by atoms with van der Waals surface area (Å²) in [6, 6.07) is 10.2. The summed E-state index contributed by atoms with van der Waals surface area (Å²) in [6.07, 6.45) is -0.916. The van der Waals surface area contributed by atoms with Gasteiger partial charge in [0.1, 0.15) is 22.4 Å². The summed E-state index contributed by atoms with van der Waals surface area (Å²) in [4.78, 5) is 11.5. The molecule has 2 aromatic carbocycles. The molecule has 0 bridgehead atoms. The Bertz CT molecular complexity index is 1020. The number of fused-ring (bicyclic) bond motifs is 2. The van der Waals surface area contributed by atoms with Crippen molar-refractivity contribution in [1.82, 2.24) is 5.01 Å². The lowest BCUT2D eigenvalue weighted by Gasteiger charge is -2.45. The van der Waals surface area contributed by atoms with Crippen molar-refractivity contribution >= 4 is 22.7 Å². The molecular formula is C21H20F2N2O4S. The SMILES string of the molecule is CC(=O)N1N=C(c2cc(F)ccc2F)SC12c1ccccc1OCC2CC(O)CO. The van der Waals surface area contributed by atoms with Gasteiger partial charge in [0.25, 0.3) is 0 Å². The van der Waals surface area contributed by atoms with E-state index in [9.17, 15) is 23.8 Å². The minimum Gasteiger partial charge on any atom is -0.493 e. The Hall–Kier alpha value is -2.49. The standard InChI is InChI=1S/C21H20F2N2O4S/c1-12(27)25-21(30-20(24-25)16-9-14(22)6-7-18(16)23)13(8-15(28)10-26)11-29-19-5-3-2-4-17(19)21/h2-7,9,13,15,26,28H,8,10-11H2,1H3. The Morgan fingerprint density at radius 2 is 2.13 bits per heavy atom. The van der Waals surface area contributed by atoms with Crippen molar-refractivity contribution in [1.29, 1.82) is 0 Å². The number of amides is 1. The minimum atomic E-state index is -1.13. The number of hydrogen-bond acceptors (Lipinski definition) is 6. The summed E-state index contributed by atoms with van der Waals surface area (Å²) in [7, 11) is 0. The number of aliphatic hydroxyl groups excluding tert-OH is 2. The van der Waals surface area contributed by atoms with Gasteiger partial charge in [0, 0.05) is 24.0 Å². The number of para-hydroxylation sites is 1. The monoisotopic (exact) mass is 434 g/mol. The number of ether oxygens (including phenoxy) is 1. The van der Waals surface area contributed by atoms with Crippen LogP contribution in [0.15, 0.2) is 47.6 Å². The molecule has 9 heteroatoms. The quantitative estimate of drug-likeness (QED) is 0.774. The van der Waals surface area contributed by atoms with Crippen LogP contribution in [0.3, 0.4) is 0 Å². The Morgan fingerprint density at radius 3 is 2.87 bits per heavy atom. The van der Waals surface area contributed by atoms with Crippen molar-refractivity contribution in [3.05, 3.63) is 65.2 Å². The van der Waals surface area contributed by atoms with Gasteiger partial charge in [-0.1, -0.05) is 30.0 Å². The van der Waals surface area contributed by atoms with E-state index in [1.54, 1.807) is 24.3 Å². The second-order valence-corrected chi connectivity index (χ2v) is 8.45. The van der Waals surface area contributed by atoms with Crippen LogP contribution in [0.5, 0.6) is 5.75 Å². The number of nitrogens with zero attached hydrogens (tertiary/aromatic N) is 2. The molecule has 0 aromatic heterocycles. The van der Waals surface area contributed by atoms with Crippen LogP contribution in [0.2, 0.25) is 0 Å². The smallest absolute Gasteiger partial charge is 0.241 e. The molecule has 30 heavy (non-hydrogen) atoms. The van der Waals surface area contributed by atoms with E-state index in [-0.39, 0.29) is 23.6 Å². The molecule has 2 aliphatic rings. The van der Waals surface area contributed by atoms with Gasteiger partial charge in [-0.2, -0.15) is 5.10 Å². The highest BCUT2D eigenvalue weighted by atomic mass is 32.2. The molecule has 2 aliphatic heterocycles. The van der Waals surface area contributed by atoms with E-state index in [4.69, 9.17) is 4.74 Å². The number of hydrogen-bond donors (Lipinski definition) is 2. The summed E-state index contributed by atoms with van der Waals surface area (Å²) >= 11 is 1.13. The summed E-state index contributed by atoms with van der Waals surface area (Å²) in [5.41, 5.74) is 0.593. The maximum absolute atomic E-state index is 14.5. The minimum absolute atomic E-state index is 0.0476. The predicted octanol–water partition coefficient (Wildman–Crippen LogP) is 2.83. The normalized spacial score (nSPS) is 23.7. The molecule has 158 valence electrons. The van der Waals surface area contributed by atoms with Crippen LogP contribution in [-0.2, 0) is 9.67 Å². The maximum Gasteiger partial charge on any atom is 0.241 e. The number of halogens is 2. The Morgan fingerprint density at radius 1 is 1.37 bits per heavy atom. The number of rotatable bonds is 4. The summed E-state index contributed by atoms with van der Waals surface area (Å²) in [5.74, 6) is -1.60. The first-order chi connectivity index (χ1) is 14.4. The van der Waals surface area contributed by atoms with Crippen LogP contribution in [-0.4, -0.2) is 45.5 Å². The van der Waals surface area contributed by atoms with Crippen LogP contribution in [0, 0.1) is 17.6 Å². The molecule has 0 aliphatic carbocycles. The predicted molar refractivity (Wildman–Crippen MR) is 108 cm³/mol. The molecule has 2 N–H and O–H groups in total. The van der Waals surface area contributed by atoms with Crippen molar-refractivity contribution in [2.75, 3.05) is 13.2 Å². The summed E-state index contributed by atoms with van der Waals surface area (Å²) < 4.78 is 34.2. The second kappa shape index (κ2) is 7.98. The largest absolute Gasteiger partial charge is 0.493 e. The first-order valence-electron chi connectivity index (χ1n) is 9.42. The van der Waals surface area contributed by atoms with Crippen LogP contribution < -0.4 is 4.74 Å². The number of benzene rings is 2. The lowest BCUT2D eigenvalue weighted by Crippen LogP contribution is -2.51. The van der Waals surface area contributed by atoms with Gasteiger partial charge in [0.05, 0.1) is 19.3 Å². The van der Waals surface area contributed by atoms with Gasteiger partial charge < -0.3 is 14.9 Å². The van der Waals surface area contributed by atoms with Crippen LogP contribution in [0.1, 0.15) is 24.5 Å². The number of carbonyl (C=O) groups excluding carboxylic acids is 1. The first kappa shape index (κ1) is 20.8. The van der Waals surface area contributed by atoms with Gasteiger partial charge in [0.2, 0.25) is 5.91 Å². The van der Waals surface area contributed by atoms with Crippen molar-refractivity contribution in [3.8, 4) is 5.75 Å². The topological polar surface area (TPSA) is 82.4 Å². The lowest BCUT2D eigenvalue weighted by atomic mass is 9.85. The van der Waals surface area contributed by atoms with E-state index in [0.717, 1.165) is 30.0 Å². The molecule has 2 aromatic rings. The molecule has 4 rings (SSSR count). The fourth-order valence-corrected chi connectivity index (χ4v) is 5.47. The Labute approximate surface area is 176 Å². The Kier molecular flexibility index (Phi) is 5.52. The highest BCUT2D eigenvalue weighted by molar-refractivity contribution is 8.15. The summed E-state index contributed by atoms with van der Waals surface area (Å²) in [5, 5.41) is 25.3. The molecule has 3 atom stereocenters. The molecule has 3 unspecified atom stereocenters. The third-order valence-electron chi connectivity index (χ3n) is 5.25. The van der Waals surface area contributed by atoms with Crippen molar-refractivity contribution < 1.29 is 28.5 Å². The zero-order valence-corrected chi connectivity index (χ0v) is 16.9. The first-order valence-corrected chi connectivity index (χ1v) is 10.2. The van der Waals surface area contributed by atoms with Crippen molar-refractivity contribution in [2.24, 2.45) is 11.0 Å². The lowest BCUT2D eigenvalue weighted by molar-refractivity contribution is -0.135.